The Morgan fingerprint density at radius 3 is 2.76 bits per heavy atom. The van der Waals surface area contributed by atoms with E-state index in [4.69, 9.17) is 0 Å². The molecule has 0 fully saturated rings. The molecule has 2 heterocycles. The largest absolute Gasteiger partial charge is 0.368 e. The van der Waals surface area contributed by atoms with Gasteiger partial charge in [-0.15, -0.1) is 0 Å². The fourth-order valence-electron chi connectivity index (χ4n) is 1.82. The van der Waals surface area contributed by atoms with Crippen LogP contribution in [0.5, 0.6) is 0 Å². The molecule has 1 amide bonds. The molecule has 0 aromatic carbocycles. The first kappa shape index (κ1) is 14.9. The fraction of sp³-hybridized carbons (Fsp3) is 0.333. The van der Waals surface area contributed by atoms with Crippen molar-refractivity contribution in [2.24, 2.45) is 0 Å². The molecule has 0 saturated heterocycles. The van der Waals surface area contributed by atoms with Gasteiger partial charge in [0, 0.05) is 18.3 Å². The number of rotatable bonds is 5. The zero-order chi connectivity index (χ0) is 15.2. The summed E-state index contributed by atoms with van der Waals surface area (Å²) in [6.07, 6.45) is 1.70. The van der Waals surface area contributed by atoms with Crippen molar-refractivity contribution < 1.29 is 4.79 Å². The summed E-state index contributed by atoms with van der Waals surface area (Å²) in [6.45, 7) is 6.16. The fourth-order valence-corrected chi connectivity index (χ4v) is 1.82. The molecule has 0 unspecified atom stereocenters. The van der Waals surface area contributed by atoms with Crippen molar-refractivity contribution in [1.29, 1.82) is 0 Å². The molecule has 110 valence electrons. The van der Waals surface area contributed by atoms with E-state index in [9.17, 15) is 4.79 Å². The Morgan fingerprint density at radius 1 is 1.29 bits per heavy atom. The van der Waals surface area contributed by atoms with E-state index in [1.54, 1.807) is 19.2 Å². The van der Waals surface area contributed by atoms with Gasteiger partial charge in [0.15, 0.2) is 0 Å². The maximum Gasteiger partial charge on any atom is 0.270 e. The minimum atomic E-state index is -0.238. The quantitative estimate of drug-likeness (QED) is 0.877. The van der Waals surface area contributed by atoms with Gasteiger partial charge in [-0.3, -0.25) is 9.78 Å². The third-order valence-electron chi connectivity index (χ3n) is 2.66. The van der Waals surface area contributed by atoms with E-state index in [2.05, 4.69) is 25.6 Å². The van der Waals surface area contributed by atoms with Crippen LogP contribution in [0.3, 0.4) is 0 Å². The average molecular weight is 285 g/mol. The summed E-state index contributed by atoms with van der Waals surface area (Å²) in [4.78, 5) is 24.7. The van der Waals surface area contributed by atoms with Gasteiger partial charge in [0.2, 0.25) is 0 Å². The molecule has 6 nitrogen and oxygen atoms in total. The molecule has 0 aliphatic heterocycles. The highest BCUT2D eigenvalue weighted by atomic mass is 16.1. The molecule has 0 radical (unpaired) electrons. The first-order valence-electron chi connectivity index (χ1n) is 6.85. The number of hydrogen-bond donors (Lipinski definition) is 2. The molecule has 0 saturated carbocycles. The summed E-state index contributed by atoms with van der Waals surface area (Å²) in [5.41, 5.74) is 1.15. The van der Waals surface area contributed by atoms with Gasteiger partial charge in [0.1, 0.15) is 17.3 Å². The van der Waals surface area contributed by atoms with Crippen LogP contribution in [-0.4, -0.2) is 26.9 Å². The highest BCUT2D eigenvalue weighted by Crippen LogP contribution is 2.08. The van der Waals surface area contributed by atoms with Crippen molar-refractivity contribution in [3.05, 3.63) is 47.7 Å². The zero-order valence-corrected chi connectivity index (χ0v) is 12.4. The van der Waals surface area contributed by atoms with Gasteiger partial charge < -0.3 is 10.6 Å². The predicted octanol–water partition coefficient (Wildman–Crippen LogP) is 1.93. The number of carbonyl (C=O) groups excluding carboxylic acids is 1. The lowest BCUT2D eigenvalue weighted by Gasteiger charge is -2.11. The first-order chi connectivity index (χ1) is 10.0. The molecule has 0 bridgehead atoms. The molecule has 2 aromatic heterocycles. The smallest absolute Gasteiger partial charge is 0.270 e. The number of aromatic nitrogens is 3. The molecule has 2 rings (SSSR count). The van der Waals surface area contributed by atoms with Gasteiger partial charge in [-0.05, 0) is 32.9 Å². The number of nitrogens with zero attached hydrogens (tertiary/aromatic N) is 3. The maximum absolute atomic E-state index is 12.2. The van der Waals surface area contributed by atoms with Crippen LogP contribution in [0.25, 0.3) is 0 Å². The van der Waals surface area contributed by atoms with E-state index in [1.165, 1.54) is 0 Å². The average Bonchev–Trinajstić information content (AvgIpc) is 2.44. The summed E-state index contributed by atoms with van der Waals surface area (Å²) in [5, 5.41) is 5.97. The van der Waals surface area contributed by atoms with Crippen LogP contribution in [0.4, 0.5) is 5.82 Å². The van der Waals surface area contributed by atoms with Crippen molar-refractivity contribution in [2.75, 3.05) is 5.32 Å². The van der Waals surface area contributed by atoms with Crippen molar-refractivity contribution >= 4 is 11.7 Å². The van der Waals surface area contributed by atoms with E-state index in [-0.39, 0.29) is 11.9 Å². The van der Waals surface area contributed by atoms with E-state index >= 15 is 0 Å². The summed E-state index contributed by atoms with van der Waals surface area (Å²) in [6, 6.07) is 7.47. The van der Waals surface area contributed by atoms with Crippen LogP contribution in [0.2, 0.25) is 0 Å². The second-order valence-electron chi connectivity index (χ2n) is 4.99. The van der Waals surface area contributed by atoms with E-state index < -0.39 is 0 Å². The van der Waals surface area contributed by atoms with Gasteiger partial charge >= 0.3 is 0 Å². The molecule has 2 aromatic rings. The van der Waals surface area contributed by atoms with E-state index in [0.29, 0.717) is 23.9 Å². The molecule has 2 N–H and O–H groups in total. The Labute approximate surface area is 124 Å². The number of aryl methyl sites for hydroxylation is 1. The van der Waals surface area contributed by atoms with Gasteiger partial charge in [-0.1, -0.05) is 6.07 Å². The molecular formula is C15H19N5O. The molecule has 0 atom stereocenters. The third kappa shape index (κ3) is 4.52. The van der Waals surface area contributed by atoms with Crippen LogP contribution >= 0.6 is 0 Å². The Balaban J connectivity index is 2.06. The summed E-state index contributed by atoms with van der Waals surface area (Å²) in [7, 11) is 0. The molecule has 0 spiro atoms. The molecule has 0 aliphatic rings. The van der Waals surface area contributed by atoms with Crippen LogP contribution in [0.1, 0.15) is 35.9 Å². The second-order valence-corrected chi connectivity index (χ2v) is 4.99. The highest BCUT2D eigenvalue weighted by molar-refractivity contribution is 5.92. The minimum absolute atomic E-state index is 0.238. The van der Waals surface area contributed by atoms with E-state index in [0.717, 1.165) is 5.69 Å². The van der Waals surface area contributed by atoms with E-state index in [1.807, 2.05) is 32.0 Å². The van der Waals surface area contributed by atoms with Crippen molar-refractivity contribution in [1.82, 2.24) is 20.3 Å². The Bertz CT molecular complexity index is 613. The van der Waals surface area contributed by atoms with Crippen LogP contribution in [0, 0.1) is 6.92 Å². The van der Waals surface area contributed by atoms with Gasteiger partial charge in [-0.25, -0.2) is 9.97 Å². The van der Waals surface area contributed by atoms with Gasteiger partial charge in [-0.2, -0.15) is 0 Å². The number of amides is 1. The summed E-state index contributed by atoms with van der Waals surface area (Å²) < 4.78 is 0. The third-order valence-corrected chi connectivity index (χ3v) is 2.66. The number of anilines is 1. The van der Waals surface area contributed by atoms with Gasteiger partial charge in [0.05, 0.1) is 12.2 Å². The van der Waals surface area contributed by atoms with Crippen molar-refractivity contribution in [3.8, 4) is 0 Å². The van der Waals surface area contributed by atoms with Crippen molar-refractivity contribution in [3.63, 3.8) is 0 Å². The Hall–Kier alpha value is -2.50. The zero-order valence-electron chi connectivity index (χ0n) is 12.4. The van der Waals surface area contributed by atoms with Gasteiger partial charge in [0.25, 0.3) is 5.91 Å². The molecule has 6 heteroatoms. The monoisotopic (exact) mass is 285 g/mol. The number of nitrogens with one attached hydrogen (secondary N) is 2. The molecule has 0 aliphatic carbocycles. The number of pyridine rings is 1. The highest BCUT2D eigenvalue weighted by Gasteiger charge is 2.11. The summed E-state index contributed by atoms with van der Waals surface area (Å²) >= 11 is 0. The Morgan fingerprint density at radius 2 is 2.10 bits per heavy atom. The van der Waals surface area contributed by atoms with Crippen molar-refractivity contribution in [2.45, 2.75) is 33.4 Å². The van der Waals surface area contributed by atoms with Crippen LogP contribution < -0.4 is 10.6 Å². The lowest BCUT2D eigenvalue weighted by molar-refractivity contribution is 0.0945. The number of carbonyl (C=O) groups is 1. The minimum Gasteiger partial charge on any atom is -0.368 e. The van der Waals surface area contributed by atoms with Crippen LogP contribution in [0.15, 0.2) is 30.5 Å². The molecular weight excluding hydrogens is 266 g/mol. The lowest BCUT2D eigenvalue weighted by atomic mass is 10.3. The maximum atomic E-state index is 12.2. The first-order valence-corrected chi connectivity index (χ1v) is 6.85. The predicted molar refractivity (Wildman–Crippen MR) is 80.9 cm³/mol. The SMILES string of the molecule is Cc1nc(NC(C)C)cc(C(=O)NCc2ccccn2)n1. The topological polar surface area (TPSA) is 79.8 Å². The molecule has 21 heavy (non-hydrogen) atoms. The normalized spacial score (nSPS) is 10.5. The Kier molecular flexibility index (Phi) is 4.81. The number of hydrogen-bond acceptors (Lipinski definition) is 5. The lowest BCUT2D eigenvalue weighted by Crippen LogP contribution is -2.25. The van der Waals surface area contributed by atoms with Crippen LogP contribution in [-0.2, 0) is 6.54 Å². The summed E-state index contributed by atoms with van der Waals surface area (Å²) in [5.74, 6) is 0.974. The second kappa shape index (κ2) is 6.78. The standard InChI is InChI=1S/C15H19N5O/c1-10(2)18-14-8-13(19-11(3)20-14)15(21)17-9-12-6-4-5-7-16-12/h4-8,10H,9H2,1-3H3,(H,17,21)(H,18,19,20).